The smallest absolute Gasteiger partial charge is 0.139 e. The van der Waals surface area contributed by atoms with Crippen LogP contribution in [0.1, 0.15) is 38.4 Å². The first-order valence-corrected chi connectivity index (χ1v) is 8.40. The third kappa shape index (κ3) is 3.53. The summed E-state index contributed by atoms with van der Waals surface area (Å²) in [5, 5.41) is 0. The van der Waals surface area contributed by atoms with Gasteiger partial charge in [-0.25, -0.2) is 9.37 Å². The van der Waals surface area contributed by atoms with Crippen LogP contribution < -0.4 is 0 Å². The molecule has 2 nitrogen and oxygen atoms in total. The minimum absolute atomic E-state index is 0.273. The molecule has 1 aromatic heterocycles. The lowest BCUT2D eigenvalue weighted by Crippen LogP contribution is -2.05. The Bertz CT molecular complexity index is 583. The second-order valence-electron chi connectivity index (χ2n) is 4.93. The van der Waals surface area contributed by atoms with Crippen molar-refractivity contribution in [3.8, 4) is 0 Å². The molecule has 1 aromatic carbocycles. The zero-order valence-corrected chi connectivity index (χ0v) is 14.0. The van der Waals surface area contributed by atoms with Gasteiger partial charge in [0.05, 0.1) is 15.5 Å². The summed E-state index contributed by atoms with van der Waals surface area (Å²) >= 11 is 9.09. The Morgan fingerprint density at radius 2 is 2.10 bits per heavy atom. The Hall–Kier alpha value is -0.610. The molecule has 0 atom stereocenters. The molecule has 0 radical (unpaired) electrons. The van der Waals surface area contributed by atoms with Crippen molar-refractivity contribution in [2.75, 3.05) is 5.88 Å². The summed E-state index contributed by atoms with van der Waals surface area (Å²) in [5.41, 5.74) is 1.69. The van der Waals surface area contributed by atoms with E-state index in [4.69, 9.17) is 11.6 Å². The highest BCUT2D eigenvalue weighted by Gasteiger charge is 2.13. The van der Waals surface area contributed by atoms with Crippen LogP contribution in [0.25, 0.3) is 11.0 Å². The Labute approximate surface area is 132 Å². The molecule has 0 N–H and O–H groups in total. The molecular weight excluding hydrogens is 343 g/mol. The number of alkyl halides is 1. The molecule has 5 heteroatoms. The van der Waals surface area contributed by atoms with Crippen LogP contribution >= 0.6 is 27.5 Å². The highest BCUT2D eigenvalue weighted by Crippen LogP contribution is 2.25. The molecule has 0 amide bonds. The number of benzene rings is 1. The molecule has 0 fully saturated rings. The number of hydrogen-bond donors (Lipinski definition) is 0. The van der Waals surface area contributed by atoms with Crippen molar-refractivity contribution in [1.29, 1.82) is 0 Å². The van der Waals surface area contributed by atoms with Crippen molar-refractivity contribution in [2.45, 2.75) is 45.6 Å². The van der Waals surface area contributed by atoms with Crippen molar-refractivity contribution >= 4 is 38.6 Å². The monoisotopic (exact) mass is 360 g/mol. The number of nitrogens with zero attached hydrogens (tertiary/aromatic N) is 2. The maximum Gasteiger partial charge on any atom is 0.139 e. The van der Waals surface area contributed by atoms with Gasteiger partial charge in [0.2, 0.25) is 0 Å². The molecule has 0 aliphatic rings. The van der Waals surface area contributed by atoms with Crippen LogP contribution in [0.2, 0.25) is 0 Å². The van der Waals surface area contributed by atoms with Crippen molar-refractivity contribution in [3.63, 3.8) is 0 Å². The lowest BCUT2D eigenvalue weighted by molar-refractivity contribution is 0.576. The average molecular weight is 362 g/mol. The highest BCUT2D eigenvalue weighted by molar-refractivity contribution is 9.10. The highest BCUT2D eigenvalue weighted by atomic mass is 79.9. The van der Waals surface area contributed by atoms with Crippen molar-refractivity contribution < 1.29 is 4.39 Å². The SMILES string of the molecule is CCCCCCn1c(CCCl)nc2cc(F)c(Br)cc21. The van der Waals surface area contributed by atoms with Gasteiger partial charge in [0, 0.05) is 24.9 Å². The summed E-state index contributed by atoms with van der Waals surface area (Å²) in [6, 6.07) is 3.30. The van der Waals surface area contributed by atoms with Gasteiger partial charge in [-0.2, -0.15) is 0 Å². The van der Waals surface area contributed by atoms with Crippen LogP contribution in [0.15, 0.2) is 16.6 Å². The second kappa shape index (κ2) is 7.41. The van der Waals surface area contributed by atoms with Gasteiger partial charge in [-0.15, -0.1) is 11.6 Å². The molecule has 2 aromatic rings. The van der Waals surface area contributed by atoms with Gasteiger partial charge in [0.25, 0.3) is 0 Å². The number of unbranched alkanes of at least 4 members (excludes halogenated alkanes) is 3. The fourth-order valence-corrected chi connectivity index (χ4v) is 2.89. The van der Waals surface area contributed by atoms with Gasteiger partial charge in [-0.05, 0) is 28.4 Å². The average Bonchev–Trinajstić information content (AvgIpc) is 2.73. The maximum absolute atomic E-state index is 13.6. The van der Waals surface area contributed by atoms with Crippen LogP contribution in [-0.2, 0) is 13.0 Å². The largest absolute Gasteiger partial charge is 0.328 e. The van der Waals surface area contributed by atoms with E-state index in [1.807, 2.05) is 6.07 Å². The molecule has 0 unspecified atom stereocenters. The molecule has 2 rings (SSSR count). The van der Waals surface area contributed by atoms with Crippen LogP contribution in [-0.4, -0.2) is 15.4 Å². The van der Waals surface area contributed by atoms with Gasteiger partial charge >= 0.3 is 0 Å². The molecular formula is C15H19BrClFN2. The van der Waals surface area contributed by atoms with E-state index in [1.165, 1.54) is 25.3 Å². The van der Waals surface area contributed by atoms with Crippen LogP contribution in [0.5, 0.6) is 0 Å². The quantitative estimate of drug-likeness (QED) is 0.483. The normalized spacial score (nSPS) is 11.4. The van der Waals surface area contributed by atoms with E-state index in [-0.39, 0.29) is 5.82 Å². The molecule has 0 aliphatic carbocycles. The molecule has 0 saturated heterocycles. The molecule has 0 spiro atoms. The zero-order valence-electron chi connectivity index (χ0n) is 11.6. The van der Waals surface area contributed by atoms with Crippen LogP contribution in [0.4, 0.5) is 4.39 Å². The molecule has 0 bridgehead atoms. The van der Waals surface area contributed by atoms with E-state index in [1.54, 1.807) is 0 Å². The second-order valence-corrected chi connectivity index (χ2v) is 6.17. The Kier molecular flexibility index (Phi) is 5.85. The maximum atomic E-state index is 13.6. The van der Waals surface area contributed by atoms with E-state index in [9.17, 15) is 4.39 Å². The predicted octanol–water partition coefficient (Wildman–Crippen LogP) is 5.30. The summed E-state index contributed by atoms with van der Waals surface area (Å²) in [6.07, 6.45) is 5.50. The number of hydrogen-bond acceptors (Lipinski definition) is 1. The number of rotatable bonds is 7. The summed E-state index contributed by atoms with van der Waals surface area (Å²) in [4.78, 5) is 4.52. The van der Waals surface area contributed by atoms with E-state index in [2.05, 4.69) is 32.4 Å². The topological polar surface area (TPSA) is 17.8 Å². The van der Waals surface area contributed by atoms with Crippen LogP contribution in [0, 0.1) is 5.82 Å². The molecule has 0 saturated carbocycles. The number of aromatic nitrogens is 2. The summed E-state index contributed by atoms with van der Waals surface area (Å²) < 4.78 is 16.3. The molecule has 0 aliphatic heterocycles. The van der Waals surface area contributed by atoms with E-state index < -0.39 is 0 Å². The van der Waals surface area contributed by atoms with Gasteiger partial charge < -0.3 is 4.57 Å². The predicted molar refractivity (Wildman–Crippen MR) is 86.0 cm³/mol. The minimum Gasteiger partial charge on any atom is -0.328 e. The third-order valence-corrected chi connectivity index (χ3v) is 4.22. The summed E-state index contributed by atoms with van der Waals surface area (Å²) in [6.45, 7) is 3.12. The van der Waals surface area contributed by atoms with Crippen molar-refractivity contribution in [3.05, 3.63) is 28.2 Å². The first-order valence-electron chi connectivity index (χ1n) is 7.07. The first-order chi connectivity index (χ1) is 9.67. The van der Waals surface area contributed by atoms with Gasteiger partial charge in [0.1, 0.15) is 11.6 Å². The van der Waals surface area contributed by atoms with Gasteiger partial charge in [-0.1, -0.05) is 26.2 Å². The number of imidazole rings is 1. The lowest BCUT2D eigenvalue weighted by Gasteiger charge is -2.08. The van der Waals surface area contributed by atoms with E-state index in [0.29, 0.717) is 22.3 Å². The molecule has 1 heterocycles. The zero-order chi connectivity index (χ0) is 14.5. The first kappa shape index (κ1) is 15.8. The van der Waals surface area contributed by atoms with Gasteiger partial charge in [-0.3, -0.25) is 0 Å². The standard InChI is InChI=1S/C15H19BrClFN2/c1-2-3-4-5-8-20-14-9-11(16)12(18)10-13(14)19-15(20)6-7-17/h9-10H,2-8H2,1H3. The fraction of sp³-hybridized carbons (Fsp3) is 0.533. The summed E-state index contributed by atoms with van der Waals surface area (Å²) in [5.74, 6) is 1.21. The van der Waals surface area contributed by atoms with Crippen LogP contribution in [0.3, 0.4) is 0 Å². The molecule has 110 valence electrons. The Morgan fingerprint density at radius 3 is 2.80 bits per heavy atom. The van der Waals surface area contributed by atoms with Gasteiger partial charge in [0.15, 0.2) is 0 Å². The number of halogens is 3. The molecule has 20 heavy (non-hydrogen) atoms. The fourth-order valence-electron chi connectivity index (χ4n) is 2.39. The number of fused-ring (bicyclic) bond motifs is 1. The summed E-state index contributed by atoms with van der Waals surface area (Å²) in [7, 11) is 0. The number of aryl methyl sites for hydroxylation is 2. The van der Waals surface area contributed by atoms with E-state index in [0.717, 1.165) is 24.3 Å². The lowest BCUT2D eigenvalue weighted by atomic mass is 10.2. The van der Waals surface area contributed by atoms with E-state index >= 15 is 0 Å². The third-order valence-electron chi connectivity index (χ3n) is 3.42. The minimum atomic E-state index is -0.273. The Balaban J connectivity index is 2.32. The Morgan fingerprint density at radius 1 is 1.30 bits per heavy atom. The van der Waals surface area contributed by atoms with Crippen molar-refractivity contribution in [1.82, 2.24) is 9.55 Å². The van der Waals surface area contributed by atoms with Crippen molar-refractivity contribution in [2.24, 2.45) is 0 Å².